The summed E-state index contributed by atoms with van der Waals surface area (Å²) in [5.41, 5.74) is 4.53. The fraction of sp³-hybridized carbons (Fsp3) is 0.167. The molecule has 0 aliphatic carbocycles. The first-order valence-corrected chi connectivity index (χ1v) is 9.97. The van der Waals surface area contributed by atoms with Crippen molar-refractivity contribution in [2.45, 2.75) is 12.8 Å². The van der Waals surface area contributed by atoms with E-state index < -0.39 is 0 Å². The Balaban J connectivity index is 1.32. The summed E-state index contributed by atoms with van der Waals surface area (Å²) in [7, 11) is 3.12. The second-order valence-electron chi connectivity index (χ2n) is 7.05. The number of hydrogen-bond acceptors (Lipinski definition) is 4. The highest BCUT2D eigenvalue weighted by molar-refractivity contribution is 5.99. The monoisotopic (exact) mass is 416 g/mol. The molecule has 2 amide bonds. The van der Waals surface area contributed by atoms with Gasteiger partial charge < -0.3 is 25.1 Å². The van der Waals surface area contributed by atoms with Crippen molar-refractivity contribution in [3.8, 4) is 11.5 Å². The SMILES string of the molecule is COc1ccc(NC(=O)Nc2ccc(CCc3nc4ccccc4[nH]3)cc2)cc1OC. The molecule has 31 heavy (non-hydrogen) atoms. The number of para-hydroxylation sites is 2. The minimum absolute atomic E-state index is 0.331. The number of fused-ring (bicyclic) bond motifs is 1. The summed E-state index contributed by atoms with van der Waals surface area (Å²) in [6.07, 6.45) is 1.68. The number of methoxy groups -OCH3 is 2. The highest BCUT2D eigenvalue weighted by Gasteiger charge is 2.08. The maximum Gasteiger partial charge on any atom is 0.323 e. The van der Waals surface area contributed by atoms with Crippen LogP contribution >= 0.6 is 0 Å². The largest absolute Gasteiger partial charge is 0.493 e. The van der Waals surface area contributed by atoms with Crippen molar-refractivity contribution < 1.29 is 14.3 Å². The second kappa shape index (κ2) is 9.21. The lowest BCUT2D eigenvalue weighted by molar-refractivity contribution is 0.262. The van der Waals surface area contributed by atoms with Gasteiger partial charge in [0.15, 0.2) is 11.5 Å². The number of benzene rings is 3. The van der Waals surface area contributed by atoms with Crippen LogP contribution in [-0.4, -0.2) is 30.2 Å². The van der Waals surface area contributed by atoms with Crippen LogP contribution in [0.3, 0.4) is 0 Å². The highest BCUT2D eigenvalue weighted by atomic mass is 16.5. The minimum atomic E-state index is -0.331. The number of amides is 2. The van der Waals surface area contributed by atoms with E-state index in [-0.39, 0.29) is 6.03 Å². The van der Waals surface area contributed by atoms with Crippen LogP contribution in [-0.2, 0) is 12.8 Å². The lowest BCUT2D eigenvalue weighted by Gasteiger charge is -2.11. The van der Waals surface area contributed by atoms with Crippen LogP contribution in [0.5, 0.6) is 11.5 Å². The van der Waals surface area contributed by atoms with Gasteiger partial charge in [-0.3, -0.25) is 0 Å². The number of imidazole rings is 1. The molecule has 0 atom stereocenters. The van der Waals surface area contributed by atoms with Gasteiger partial charge >= 0.3 is 6.03 Å². The maximum atomic E-state index is 12.3. The summed E-state index contributed by atoms with van der Waals surface area (Å²) < 4.78 is 10.5. The lowest BCUT2D eigenvalue weighted by Crippen LogP contribution is -2.19. The predicted octanol–water partition coefficient (Wildman–Crippen LogP) is 5.01. The van der Waals surface area contributed by atoms with E-state index >= 15 is 0 Å². The number of nitrogens with one attached hydrogen (secondary N) is 3. The molecule has 1 heterocycles. The standard InChI is InChI=1S/C24H24N4O3/c1-30-21-13-12-18(15-22(21)31-2)26-24(29)25-17-10-7-16(8-11-17)9-14-23-27-19-5-3-4-6-20(19)28-23/h3-8,10-13,15H,9,14H2,1-2H3,(H,27,28)(H2,25,26,29). The van der Waals surface area contributed by atoms with Crippen molar-refractivity contribution in [2.75, 3.05) is 24.9 Å². The normalized spacial score (nSPS) is 10.6. The lowest BCUT2D eigenvalue weighted by atomic mass is 10.1. The Morgan fingerprint density at radius 2 is 1.58 bits per heavy atom. The summed E-state index contributed by atoms with van der Waals surface area (Å²) >= 11 is 0. The molecule has 4 rings (SSSR count). The van der Waals surface area contributed by atoms with E-state index in [0.29, 0.717) is 22.9 Å². The molecule has 0 bridgehead atoms. The zero-order valence-corrected chi connectivity index (χ0v) is 17.4. The van der Waals surface area contributed by atoms with Crippen molar-refractivity contribution in [3.63, 3.8) is 0 Å². The Morgan fingerprint density at radius 3 is 2.32 bits per heavy atom. The van der Waals surface area contributed by atoms with Crippen LogP contribution in [0.4, 0.5) is 16.2 Å². The molecule has 0 fully saturated rings. The van der Waals surface area contributed by atoms with Gasteiger partial charge in [0.05, 0.1) is 25.3 Å². The molecule has 3 N–H and O–H groups in total. The average molecular weight is 416 g/mol. The first-order chi connectivity index (χ1) is 15.1. The van der Waals surface area contributed by atoms with Gasteiger partial charge in [0, 0.05) is 23.9 Å². The van der Waals surface area contributed by atoms with E-state index in [1.807, 2.05) is 48.5 Å². The summed E-state index contributed by atoms with van der Waals surface area (Å²) in [5.74, 6) is 2.12. The molecular weight excluding hydrogens is 392 g/mol. The van der Waals surface area contributed by atoms with Gasteiger partial charge in [-0.2, -0.15) is 0 Å². The Hall–Kier alpha value is -4.00. The molecule has 7 heteroatoms. The fourth-order valence-corrected chi connectivity index (χ4v) is 3.35. The quantitative estimate of drug-likeness (QED) is 0.395. The van der Waals surface area contributed by atoms with Crippen molar-refractivity contribution >= 4 is 28.4 Å². The molecule has 0 saturated carbocycles. The van der Waals surface area contributed by atoms with E-state index in [9.17, 15) is 4.79 Å². The molecule has 1 aromatic heterocycles. The Morgan fingerprint density at radius 1 is 0.871 bits per heavy atom. The maximum absolute atomic E-state index is 12.3. The van der Waals surface area contributed by atoms with Gasteiger partial charge in [-0.05, 0) is 48.4 Å². The second-order valence-corrected chi connectivity index (χ2v) is 7.05. The number of urea groups is 1. The minimum Gasteiger partial charge on any atom is -0.493 e. The van der Waals surface area contributed by atoms with Gasteiger partial charge in [-0.15, -0.1) is 0 Å². The number of H-pyrrole nitrogens is 1. The zero-order chi connectivity index (χ0) is 21.6. The topological polar surface area (TPSA) is 88.3 Å². The van der Waals surface area contributed by atoms with Crippen LogP contribution in [0, 0.1) is 0 Å². The van der Waals surface area contributed by atoms with Gasteiger partial charge in [0.2, 0.25) is 0 Å². The molecule has 0 radical (unpaired) electrons. The van der Waals surface area contributed by atoms with Gasteiger partial charge in [-0.25, -0.2) is 9.78 Å². The molecule has 7 nitrogen and oxygen atoms in total. The molecule has 0 aliphatic rings. The molecule has 158 valence electrons. The Kier molecular flexibility index (Phi) is 6.03. The first kappa shape index (κ1) is 20.3. The van der Waals surface area contributed by atoms with Gasteiger partial charge in [0.1, 0.15) is 5.82 Å². The number of hydrogen-bond donors (Lipinski definition) is 3. The highest BCUT2D eigenvalue weighted by Crippen LogP contribution is 2.29. The number of ether oxygens (including phenoxy) is 2. The van der Waals surface area contributed by atoms with Crippen LogP contribution in [0.2, 0.25) is 0 Å². The third kappa shape index (κ3) is 4.95. The van der Waals surface area contributed by atoms with Crippen LogP contribution in [0.1, 0.15) is 11.4 Å². The van der Waals surface area contributed by atoms with E-state index in [0.717, 1.165) is 29.7 Å². The molecule has 0 aliphatic heterocycles. The molecule has 4 aromatic rings. The third-order valence-electron chi connectivity index (χ3n) is 4.94. The number of anilines is 2. The molecule has 0 saturated heterocycles. The van der Waals surface area contributed by atoms with Gasteiger partial charge in [-0.1, -0.05) is 24.3 Å². The number of rotatable bonds is 7. The molecule has 0 spiro atoms. The van der Waals surface area contributed by atoms with Crippen molar-refractivity contribution in [3.05, 3.63) is 78.1 Å². The van der Waals surface area contributed by atoms with Crippen LogP contribution in [0.15, 0.2) is 66.7 Å². The van der Waals surface area contributed by atoms with E-state index in [4.69, 9.17) is 9.47 Å². The van der Waals surface area contributed by atoms with Gasteiger partial charge in [0.25, 0.3) is 0 Å². The molecule has 0 unspecified atom stereocenters. The van der Waals surface area contributed by atoms with Crippen molar-refractivity contribution in [1.82, 2.24) is 9.97 Å². The number of carbonyl (C=O) groups is 1. The van der Waals surface area contributed by atoms with Crippen LogP contribution in [0.25, 0.3) is 11.0 Å². The van der Waals surface area contributed by atoms with E-state index in [1.54, 1.807) is 32.4 Å². The summed E-state index contributed by atoms with van der Waals surface area (Å²) in [6, 6.07) is 20.7. The average Bonchev–Trinajstić information content (AvgIpc) is 3.21. The summed E-state index contributed by atoms with van der Waals surface area (Å²) in [4.78, 5) is 20.3. The third-order valence-corrected chi connectivity index (χ3v) is 4.94. The summed E-state index contributed by atoms with van der Waals surface area (Å²) in [5, 5.41) is 5.63. The zero-order valence-electron chi connectivity index (χ0n) is 17.4. The molecular formula is C24H24N4O3. The number of aryl methyl sites for hydroxylation is 2. The number of nitrogens with zero attached hydrogens (tertiary/aromatic N) is 1. The Bertz CT molecular complexity index is 1150. The smallest absolute Gasteiger partial charge is 0.323 e. The molecule has 3 aromatic carbocycles. The van der Waals surface area contributed by atoms with Crippen molar-refractivity contribution in [2.24, 2.45) is 0 Å². The number of carbonyl (C=O) groups excluding carboxylic acids is 1. The predicted molar refractivity (Wildman–Crippen MR) is 122 cm³/mol. The number of aromatic amines is 1. The number of aromatic nitrogens is 2. The Labute approximate surface area is 180 Å². The van der Waals surface area contributed by atoms with Crippen LogP contribution < -0.4 is 20.1 Å². The van der Waals surface area contributed by atoms with E-state index in [1.165, 1.54) is 5.56 Å². The van der Waals surface area contributed by atoms with Crippen molar-refractivity contribution in [1.29, 1.82) is 0 Å². The fourth-order valence-electron chi connectivity index (χ4n) is 3.35. The first-order valence-electron chi connectivity index (χ1n) is 9.97. The van der Waals surface area contributed by atoms with E-state index in [2.05, 4.69) is 20.6 Å². The summed E-state index contributed by atoms with van der Waals surface area (Å²) in [6.45, 7) is 0.